The average molecular weight is 293 g/mol. The fraction of sp³-hybridized carbons (Fsp3) is 0.769. The highest BCUT2D eigenvalue weighted by Crippen LogP contribution is 2.16. The first-order chi connectivity index (χ1) is 10.3. The molecule has 2 aliphatic rings. The Labute approximate surface area is 124 Å². The molecule has 0 unspecified atom stereocenters. The van der Waals surface area contributed by atoms with Crippen LogP contribution in [0.2, 0.25) is 0 Å². The van der Waals surface area contributed by atoms with Crippen LogP contribution in [0.1, 0.15) is 19.3 Å². The molecule has 116 valence electrons. The predicted molar refractivity (Wildman–Crippen MR) is 81.5 cm³/mol. The van der Waals surface area contributed by atoms with Gasteiger partial charge >= 0.3 is 0 Å². The molecule has 0 aliphatic carbocycles. The van der Waals surface area contributed by atoms with Crippen LogP contribution in [0.5, 0.6) is 0 Å². The van der Waals surface area contributed by atoms with E-state index in [1.54, 1.807) is 0 Å². The van der Waals surface area contributed by atoms with E-state index in [9.17, 15) is 0 Å². The van der Waals surface area contributed by atoms with Crippen molar-refractivity contribution in [3.8, 4) is 0 Å². The second kappa shape index (κ2) is 6.86. The Morgan fingerprint density at radius 3 is 2.33 bits per heavy atom. The van der Waals surface area contributed by atoms with Gasteiger partial charge in [0.15, 0.2) is 0 Å². The SMILES string of the molecule is CNc1nc(NN2CCCCC2)nc(N2CCOCC2)n1. The summed E-state index contributed by atoms with van der Waals surface area (Å²) in [6, 6.07) is 0. The largest absolute Gasteiger partial charge is 0.378 e. The topological polar surface area (TPSA) is 78.4 Å². The minimum Gasteiger partial charge on any atom is -0.378 e. The molecular formula is C13H23N7O. The number of nitrogens with one attached hydrogen (secondary N) is 2. The van der Waals surface area contributed by atoms with Crippen molar-refractivity contribution in [1.82, 2.24) is 20.0 Å². The molecular weight excluding hydrogens is 270 g/mol. The molecule has 0 radical (unpaired) electrons. The van der Waals surface area contributed by atoms with Crippen molar-refractivity contribution < 1.29 is 4.74 Å². The number of piperidine rings is 1. The molecule has 1 aromatic rings. The van der Waals surface area contributed by atoms with Gasteiger partial charge in [-0.3, -0.25) is 5.43 Å². The summed E-state index contributed by atoms with van der Waals surface area (Å²) in [5.74, 6) is 1.90. The molecule has 0 saturated carbocycles. The quantitative estimate of drug-likeness (QED) is 0.834. The van der Waals surface area contributed by atoms with Gasteiger partial charge in [0, 0.05) is 33.2 Å². The van der Waals surface area contributed by atoms with Crippen molar-refractivity contribution in [2.75, 3.05) is 62.1 Å². The van der Waals surface area contributed by atoms with Crippen LogP contribution in [0.3, 0.4) is 0 Å². The summed E-state index contributed by atoms with van der Waals surface area (Å²) >= 11 is 0. The van der Waals surface area contributed by atoms with Crippen LogP contribution in [-0.4, -0.2) is 66.4 Å². The molecule has 8 heteroatoms. The summed E-state index contributed by atoms with van der Waals surface area (Å²) in [6.07, 6.45) is 3.73. The highest BCUT2D eigenvalue weighted by atomic mass is 16.5. The van der Waals surface area contributed by atoms with Crippen molar-refractivity contribution in [3.63, 3.8) is 0 Å². The Hall–Kier alpha value is -1.67. The summed E-state index contributed by atoms with van der Waals surface area (Å²) in [7, 11) is 1.82. The second-order valence-corrected chi connectivity index (χ2v) is 5.29. The first kappa shape index (κ1) is 14.3. The Morgan fingerprint density at radius 2 is 1.62 bits per heavy atom. The lowest BCUT2D eigenvalue weighted by molar-refractivity contribution is 0.122. The van der Waals surface area contributed by atoms with E-state index in [1.165, 1.54) is 19.3 Å². The maximum atomic E-state index is 5.38. The van der Waals surface area contributed by atoms with E-state index >= 15 is 0 Å². The number of ether oxygens (including phenoxy) is 1. The summed E-state index contributed by atoms with van der Waals surface area (Å²) in [6.45, 7) is 5.14. The molecule has 21 heavy (non-hydrogen) atoms. The molecule has 3 heterocycles. The van der Waals surface area contributed by atoms with Crippen LogP contribution < -0.4 is 15.6 Å². The van der Waals surface area contributed by atoms with Crippen molar-refractivity contribution in [2.24, 2.45) is 0 Å². The standard InChI is InChI=1S/C13H23N7O/c1-14-11-15-12(18-20-5-3-2-4-6-20)17-13(16-11)19-7-9-21-10-8-19/h2-10H2,1H3,(H2,14,15,16,17,18). The summed E-state index contributed by atoms with van der Waals surface area (Å²) in [4.78, 5) is 15.5. The maximum Gasteiger partial charge on any atom is 0.244 e. The zero-order valence-electron chi connectivity index (χ0n) is 12.5. The van der Waals surface area contributed by atoms with E-state index in [0.717, 1.165) is 39.4 Å². The molecule has 2 N–H and O–H groups in total. The number of aromatic nitrogens is 3. The third-order valence-electron chi connectivity index (χ3n) is 3.76. The molecule has 0 atom stereocenters. The number of morpholine rings is 1. The average Bonchev–Trinajstić information content (AvgIpc) is 2.56. The van der Waals surface area contributed by atoms with Gasteiger partial charge in [0.25, 0.3) is 0 Å². The first-order valence-electron chi connectivity index (χ1n) is 7.63. The Bertz CT molecular complexity index is 458. The van der Waals surface area contributed by atoms with E-state index in [2.05, 4.69) is 35.6 Å². The zero-order chi connectivity index (χ0) is 14.5. The molecule has 0 bridgehead atoms. The number of anilines is 3. The maximum absolute atomic E-state index is 5.38. The van der Waals surface area contributed by atoms with Gasteiger partial charge in [0.2, 0.25) is 17.8 Å². The summed E-state index contributed by atoms with van der Waals surface area (Å²) < 4.78 is 5.38. The number of nitrogens with zero attached hydrogens (tertiary/aromatic N) is 5. The van der Waals surface area contributed by atoms with Gasteiger partial charge in [-0.05, 0) is 12.8 Å². The monoisotopic (exact) mass is 293 g/mol. The molecule has 1 aromatic heterocycles. The Balaban J connectivity index is 1.75. The third-order valence-corrected chi connectivity index (χ3v) is 3.76. The zero-order valence-corrected chi connectivity index (χ0v) is 12.5. The highest BCUT2D eigenvalue weighted by Gasteiger charge is 2.17. The summed E-state index contributed by atoms with van der Waals surface area (Å²) in [5.41, 5.74) is 3.31. The van der Waals surface area contributed by atoms with Crippen LogP contribution in [0.25, 0.3) is 0 Å². The van der Waals surface area contributed by atoms with Gasteiger partial charge in [-0.1, -0.05) is 6.42 Å². The van der Waals surface area contributed by atoms with Crippen molar-refractivity contribution in [3.05, 3.63) is 0 Å². The van der Waals surface area contributed by atoms with Crippen molar-refractivity contribution in [1.29, 1.82) is 0 Å². The van der Waals surface area contributed by atoms with Gasteiger partial charge in [-0.2, -0.15) is 15.0 Å². The summed E-state index contributed by atoms with van der Waals surface area (Å²) in [5, 5.41) is 5.19. The van der Waals surface area contributed by atoms with Crippen LogP contribution in [-0.2, 0) is 4.74 Å². The highest BCUT2D eigenvalue weighted by molar-refractivity contribution is 5.43. The van der Waals surface area contributed by atoms with Crippen LogP contribution in [0.4, 0.5) is 17.8 Å². The molecule has 0 aromatic carbocycles. The Morgan fingerprint density at radius 1 is 0.905 bits per heavy atom. The minimum absolute atomic E-state index is 0.589. The smallest absolute Gasteiger partial charge is 0.244 e. The number of rotatable bonds is 4. The van der Waals surface area contributed by atoms with Crippen molar-refractivity contribution >= 4 is 17.8 Å². The van der Waals surface area contributed by atoms with Gasteiger partial charge < -0.3 is 15.0 Å². The molecule has 2 fully saturated rings. The molecule has 8 nitrogen and oxygen atoms in total. The molecule has 0 spiro atoms. The lowest BCUT2D eigenvalue weighted by Crippen LogP contribution is -2.38. The van der Waals surface area contributed by atoms with Crippen LogP contribution in [0.15, 0.2) is 0 Å². The lowest BCUT2D eigenvalue weighted by Gasteiger charge is -2.29. The minimum atomic E-state index is 0.589. The van der Waals surface area contributed by atoms with Crippen LogP contribution in [0, 0.1) is 0 Å². The van der Waals surface area contributed by atoms with E-state index in [4.69, 9.17) is 4.74 Å². The molecule has 0 amide bonds. The Kier molecular flexibility index (Phi) is 4.66. The fourth-order valence-electron chi connectivity index (χ4n) is 2.58. The normalized spacial score (nSPS) is 20.3. The van der Waals surface area contributed by atoms with E-state index in [0.29, 0.717) is 17.8 Å². The molecule has 2 aliphatic heterocycles. The van der Waals surface area contributed by atoms with Gasteiger partial charge in [0.05, 0.1) is 13.2 Å². The predicted octanol–water partition coefficient (Wildman–Crippen LogP) is 0.563. The van der Waals surface area contributed by atoms with Crippen LogP contribution >= 0.6 is 0 Å². The fourth-order valence-corrected chi connectivity index (χ4v) is 2.58. The molecule has 2 saturated heterocycles. The van der Waals surface area contributed by atoms with Gasteiger partial charge in [-0.25, -0.2) is 5.01 Å². The van der Waals surface area contributed by atoms with Crippen molar-refractivity contribution in [2.45, 2.75) is 19.3 Å². The van der Waals surface area contributed by atoms with E-state index < -0.39 is 0 Å². The number of hydrazine groups is 1. The number of hydrogen-bond acceptors (Lipinski definition) is 8. The van der Waals surface area contributed by atoms with Gasteiger partial charge in [-0.15, -0.1) is 0 Å². The lowest BCUT2D eigenvalue weighted by atomic mass is 10.2. The van der Waals surface area contributed by atoms with Gasteiger partial charge in [0.1, 0.15) is 0 Å². The number of hydrogen-bond donors (Lipinski definition) is 2. The second-order valence-electron chi connectivity index (χ2n) is 5.29. The van der Waals surface area contributed by atoms with E-state index in [1.807, 2.05) is 7.05 Å². The first-order valence-corrected chi connectivity index (χ1v) is 7.63. The third kappa shape index (κ3) is 3.70. The molecule has 3 rings (SSSR count). The van der Waals surface area contributed by atoms with E-state index in [-0.39, 0.29) is 0 Å².